The van der Waals surface area contributed by atoms with Gasteiger partial charge in [0.25, 0.3) is 0 Å². The summed E-state index contributed by atoms with van der Waals surface area (Å²) in [4.78, 5) is 2.25. The molecule has 0 aliphatic rings. The molecule has 17 heavy (non-hydrogen) atoms. The van der Waals surface area contributed by atoms with Gasteiger partial charge in [-0.3, -0.25) is 0 Å². The van der Waals surface area contributed by atoms with Crippen LogP contribution in [0.4, 0.5) is 0 Å². The molecular weight excluding hydrogens is 276 g/mol. The van der Waals surface area contributed by atoms with Crippen molar-refractivity contribution in [3.8, 4) is 0 Å². The van der Waals surface area contributed by atoms with E-state index in [4.69, 9.17) is 0 Å². The topological polar surface area (TPSA) is 3.24 Å². The van der Waals surface area contributed by atoms with Gasteiger partial charge in [0, 0.05) is 12.1 Å². The zero-order valence-corrected chi connectivity index (χ0v) is 13.3. The van der Waals surface area contributed by atoms with Gasteiger partial charge in [-0.05, 0) is 21.0 Å². The van der Waals surface area contributed by atoms with Gasteiger partial charge in [0.1, 0.15) is 6.54 Å². The summed E-state index contributed by atoms with van der Waals surface area (Å²) in [6.07, 6.45) is 0. The van der Waals surface area contributed by atoms with Gasteiger partial charge < -0.3 is 26.4 Å². The Labute approximate surface area is 117 Å². The van der Waals surface area contributed by atoms with Gasteiger partial charge in [-0.2, -0.15) is 0 Å². The van der Waals surface area contributed by atoms with E-state index < -0.39 is 0 Å². The zero-order chi connectivity index (χ0) is 12.2. The lowest BCUT2D eigenvalue weighted by molar-refractivity contribution is -0.903. The van der Waals surface area contributed by atoms with Gasteiger partial charge in [-0.25, -0.2) is 0 Å². The van der Waals surface area contributed by atoms with E-state index in [1.54, 1.807) is 0 Å². The Hall–Kier alpha value is -0.380. The molecule has 1 aromatic carbocycles. The van der Waals surface area contributed by atoms with E-state index in [2.05, 4.69) is 64.3 Å². The molecule has 98 valence electrons. The van der Waals surface area contributed by atoms with Gasteiger partial charge in [0.2, 0.25) is 0 Å². The SMILES string of the molecule is Cc1cccc(C[N+](C)(C)CCN(C)C)c1.[Br-]. The van der Waals surface area contributed by atoms with E-state index in [0.29, 0.717) is 0 Å². The second-order valence-electron chi connectivity index (χ2n) is 5.61. The Morgan fingerprint density at radius 3 is 2.35 bits per heavy atom. The minimum absolute atomic E-state index is 0. The molecule has 0 aromatic heterocycles. The van der Waals surface area contributed by atoms with Crippen LogP contribution in [0.15, 0.2) is 24.3 Å². The average molecular weight is 301 g/mol. The summed E-state index contributed by atoms with van der Waals surface area (Å²) in [6, 6.07) is 8.82. The number of quaternary nitrogens is 1. The van der Waals surface area contributed by atoms with Crippen molar-refractivity contribution in [1.29, 1.82) is 0 Å². The Morgan fingerprint density at radius 2 is 1.82 bits per heavy atom. The van der Waals surface area contributed by atoms with Crippen molar-refractivity contribution in [3.05, 3.63) is 35.4 Å². The first kappa shape index (κ1) is 16.6. The minimum Gasteiger partial charge on any atom is -1.00 e. The van der Waals surface area contributed by atoms with Gasteiger partial charge in [-0.15, -0.1) is 0 Å². The van der Waals surface area contributed by atoms with Crippen molar-refractivity contribution in [3.63, 3.8) is 0 Å². The summed E-state index contributed by atoms with van der Waals surface area (Å²) in [5.74, 6) is 0. The summed E-state index contributed by atoms with van der Waals surface area (Å²) in [5, 5.41) is 0. The Balaban J connectivity index is 0.00000256. The molecule has 0 bridgehead atoms. The van der Waals surface area contributed by atoms with Crippen LogP contribution in [0, 0.1) is 6.92 Å². The van der Waals surface area contributed by atoms with Crippen LogP contribution in [0.2, 0.25) is 0 Å². The number of aryl methyl sites for hydroxylation is 1. The van der Waals surface area contributed by atoms with Crippen molar-refractivity contribution < 1.29 is 21.5 Å². The van der Waals surface area contributed by atoms with Gasteiger partial charge in [0.05, 0.1) is 20.6 Å². The molecule has 3 heteroatoms. The van der Waals surface area contributed by atoms with Crippen molar-refractivity contribution in [2.24, 2.45) is 0 Å². The molecule has 0 fully saturated rings. The van der Waals surface area contributed by atoms with Crippen LogP contribution in [-0.2, 0) is 6.54 Å². The fourth-order valence-corrected chi connectivity index (χ4v) is 1.85. The largest absolute Gasteiger partial charge is 1.00 e. The third-order valence-electron chi connectivity index (χ3n) is 2.85. The first-order chi connectivity index (χ1) is 7.39. The molecular formula is C14H25BrN2. The molecule has 0 saturated carbocycles. The van der Waals surface area contributed by atoms with Crippen LogP contribution in [-0.4, -0.2) is 50.7 Å². The van der Waals surface area contributed by atoms with E-state index in [0.717, 1.165) is 17.6 Å². The third kappa shape index (κ3) is 6.81. The lowest BCUT2D eigenvalue weighted by Gasteiger charge is -2.31. The molecule has 0 aliphatic carbocycles. The normalized spacial score (nSPS) is 11.4. The van der Waals surface area contributed by atoms with E-state index in [1.165, 1.54) is 17.7 Å². The molecule has 0 atom stereocenters. The molecule has 0 heterocycles. The summed E-state index contributed by atoms with van der Waals surface area (Å²) < 4.78 is 1.04. The van der Waals surface area contributed by atoms with Crippen LogP contribution >= 0.6 is 0 Å². The van der Waals surface area contributed by atoms with Gasteiger partial charge in [0.15, 0.2) is 0 Å². The summed E-state index contributed by atoms with van der Waals surface area (Å²) in [5.41, 5.74) is 2.79. The standard InChI is InChI=1S/C14H25N2.BrH/c1-13-7-6-8-14(11-13)12-16(4,5)10-9-15(2)3;/h6-8,11H,9-10,12H2,1-5H3;1H/q+1;/p-1. The fourth-order valence-electron chi connectivity index (χ4n) is 1.85. The quantitative estimate of drug-likeness (QED) is 0.640. The van der Waals surface area contributed by atoms with Crippen LogP contribution in [0.1, 0.15) is 11.1 Å². The van der Waals surface area contributed by atoms with Crippen LogP contribution in [0.25, 0.3) is 0 Å². The third-order valence-corrected chi connectivity index (χ3v) is 2.85. The highest BCUT2D eigenvalue weighted by molar-refractivity contribution is 5.21. The number of likely N-dealkylation sites (N-methyl/N-ethyl adjacent to an activating group) is 2. The molecule has 0 unspecified atom stereocenters. The summed E-state index contributed by atoms with van der Waals surface area (Å²) in [7, 11) is 8.86. The maximum atomic E-state index is 2.30. The lowest BCUT2D eigenvalue weighted by Crippen LogP contribution is -3.00. The maximum absolute atomic E-state index is 2.30. The van der Waals surface area contributed by atoms with Gasteiger partial charge in [-0.1, -0.05) is 29.8 Å². The Bertz CT molecular complexity index is 335. The first-order valence-electron chi connectivity index (χ1n) is 5.91. The number of benzene rings is 1. The molecule has 0 saturated heterocycles. The highest BCUT2D eigenvalue weighted by Gasteiger charge is 2.15. The number of hydrogen-bond acceptors (Lipinski definition) is 1. The monoisotopic (exact) mass is 300 g/mol. The predicted octanol–water partition coefficient (Wildman–Crippen LogP) is -0.863. The van der Waals surface area contributed by atoms with Crippen LogP contribution in [0.5, 0.6) is 0 Å². The molecule has 0 N–H and O–H groups in total. The predicted molar refractivity (Wildman–Crippen MR) is 70.4 cm³/mol. The fraction of sp³-hybridized carbons (Fsp3) is 0.571. The molecule has 1 rings (SSSR count). The van der Waals surface area contributed by atoms with Crippen molar-refractivity contribution in [2.45, 2.75) is 13.5 Å². The molecule has 2 nitrogen and oxygen atoms in total. The van der Waals surface area contributed by atoms with E-state index in [1.807, 2.05) is 0 Å². The Kier molecular flexibility index (Phi) is 6.98. The second-order valence-corrected chi connectivity index (χ2v) is 5.61. The van der Waals surface area contributed by atoms with Gasteiger partial charge >= 0.3 is 0 Å². The Morgan fingerprint density at radius 1 is 1.18 bits per heavy atom. The van der Waals surface area contributed by atoms with Crippen molar-refractivity contribution in [2.75, 3.05) is 41.3 Å². The second kappa shape index (κ2) is 7.14. The lowest BCUT2D eigenvalue weighted by atomic mass is 10.1. The van der Waals surface area contributed by atoms with Crippen LogP contribution in [0.3, 0.4) is 0 Å². The molecule has 0 aliphatic heterocycles. The zero-order valence-electron chi connectivity index (χ0n) is 11.7. The number of nitrogens with zero attached hydrogens (tertiary/aromatic N) is 2. The van der Waals surface area contributed by atoms with E-state index >= 15 is 0 Å². The smallest absolute Gasteiger partial charge is 0.104 e. The molecule has 0 amide bonds. The minimum atomic E-state index is 0. The number of halogens is 1. The number of hydrogen-bond donors (Lipinski definition) is 0. The number of rotatable bonds is 5. The summed E-state index contributed by atoms with van der Waals surface area (Å²) in [6.45, 7) is 5.58. The average Bonchev–Trinajstić information content (AvgIpc) is 2.14. The highest BCUT2D eigenvalue weighted by atomic mass is 79.9. The summed E-state index contributed by atoms with van der Waals surface area (Å²) >= 11 is 0. The van der Waals surface area contributed by atoms with Crippen molar-refractivity contribution >= 4 is 0 Å². The highest BCUT2D eigenvalue weighted by Crippen LogP contribution is 2.10. The molecule has 0 spiro atoms. The van der Waals surface area contributed by atoms with Crippen LogP contribution < -0.4 is 17.0 Å². The van der Waals surface area contributed by atoms with Crippen molar-refractivity contribution in [1.82, 2.24) is 4.90 Å². The first-order valence-corrected chi connectivity index (χ1v) is 5.91. The van der Waals surface area contributed by atoms with E-state index in [9.17, 15) is 0 Å². The maximum Gasteiger partial charge on any atom is 0.104 e. The van der Waals surface area contributed by atoms with E-state index in [-0.39, 0.29) is 17.0 Å². The molecule has 1 aromatic rings. The molecule has 0 radical (unpaired) electrons.